The highest BCUT2D eigenvalue weighted by atomic mass is 32.1. The average Bonchev–Trinajstić information content (AvgIpc) is 3.31. The summed E-state index contributed by atoms with van der Waals surface area (Å²) in [5.41, 5.74) is 0.956. The number of thiophene rings is 1. The molecule has 0 aliphatic carbocycles. The molecule has 142 valence electrons. The van der Waals surface area contributed by atoms with Crippen molar-refractivity contribution < 1.29 is 13.6 Å². The summed E-state index contributed by atoms with van der Waals surface area (Å²) in [6.45, 7) is 2.38. The van der Waals surface area contributed by atoms with Crippen LogP contribution in [0.3, 0.4) is 0 Å². The number of pyridine rings is 1. The molecule has 0 aliphatic heterocycles. The molecule has 0 atom stereocenters. The Morgan fingerprint density at radius 3 is 2.71 bits per heavy atom. The normalized spacial score (nSPS) is 11.1. The number of fused-ring (bicyclic) bond motifs is 1. The fraction of sp³-hybridized carbons (Fsp3) is 0.143. The first kappa shape index (κ1) is 18.2. The second-order valence-electron chi connectivity index (χ2n) is 6.41. The van der Waals surface area contributed by atoms with Gasteiger partial charge in [0, 0.05) is 15.8 Å². The topological polar surface area (TPSA) is 64.2 Å². The molecule has 0 saturated carbocycles. The Hall–Kier alpha value is -3.19. The number of halogens is 1. The summed E-state index contributed by atoms with van der Waals surface area (Å²) in [4.78, 5) is 26.6. The van der Waals surface area contributed by atoms with Gasteiger partial charge in [0.1, 0.15) is 11.6 Å². The van der Waals surface area contributed by atoms with Crippen molar-refractivity contribution >= 4 is 27.3 Å². The van der Waals surface area contributed by atoms with Gasteiger partial charge < -0.3 is 14.3 Å². The van der Waals surface area contributed by atoms with E-state index in [1.807, 2.05) is 13.0 Å². The van der Waals surface area contributed by atoms with E-state index in [9.17, 15) is 14.0 Å². The van der Waals surface area contributed by atoms with Crippen LogP contribution in [0.4, 0.5) is 4.39 Å². The lowest BCUT2D eigenvalue weighted by atomic mass is 10.1. The summed E-state index contributed by atoms with van der Waals surface area (Å²) >= 11 is 1.41. The van der Waals surface area contributed by atoms with Crippen molar-refractivity contribution in [1.29, 1.82) is 0 Å². The Balaban J connectivity index is 1.68. The van der Waals surface area contributed by atoms with Crippen LogP contribution in [0.25, 0.3) is 10.1 Å². The lowest BCUT2D eigenvalue weighted by Gasteiger charge is -2.08. The van der Waals surface area contributed by atoms with Crippen LogP contribution in [-0.2, 0) is 13.1 Å². The van der Waals surface area contributed by atoms with E-state index in [4.69, 9.17) is 4.42 Å². The van der Waals surface area contributed by atoms with Crippen molar-refractivity contribution in [1.82, 2.24) is 9.88 Å². The molecule has 0 aliphatic rings. The summed E-state index contributed by atoms with van der Waals surface area (Å²) in [7, 11) is 0. The van der Waals surface area contributed by atoms with Gasteiger partial charge in [0.15, 0.2) is 0 Å². The number of amides is 1. The molecule has 0 unspecified atom stereocenters. The second-order valence-corrected chi connectivity index (χ2v) is 7.67. The summed E-state index contributed by atoms with van der Waals surface area (Å²) in [5.74, 6) is 0.00608. The monoisotopic (exact) mass is 396 g/mol. The molecule has 3 aromatic heterocycles. The quantitative estimate of drug-likeness (QED) is 0.553. The molecular weight excluding hydrogens is 379 g/mol. The van der Waals surface area contributed by atoms with Crippen LogP contribution < -0.4 is 10.9 Å². The lowest BCUT2D eigenvalue weighted by molar-refractivity contribution is 0.0949. The number of nitrogens with zero attached hydrogens (tertiary/aromatic N) is 1. The van der Waals surface area contributed by atoms with Crippen LogP contribution >= 0.6 is 11.3 Å². The first-order chi connectivity index (χ1) is 13.5. The average molecular weight is 396 g/mol. The number of rotatable bonds is 5. The highest BCUT2D eigenvalue weighted by molar-refractivity contribution is 7.19. The molecule has 1 aromatic carbocycles. The zero-order valence-electron chi connectivity index (χ0n) is 15.1. The number of hydrogen-bond donors (Lipinski definition) is 1. The third-order valence-corrected chi connectivity index (χ3v) is 5.56. The molecule has 7 heteroatoms. The van der Waals surface area contributed by atoms with Crippen molar-refractivity contribution in [2.45, 2.75) is 20.0 Å². The Morgan fingerprint density at radius 2 is 2.00 bits per heavy atom. The molecule has 0 spiro atoms. The maximum atomic E-state index is 13.1. The van der Waals surface area contributed by atoms with E-state index in [-0.39, 0.29) is 23.8 Å². The predicted molar refractivity (Wildman–Crippen MR) is 106 cm³/mol. The molecule has 28 heavy (non-hydrogen) atoms. The number of furan rings is 1. The van der Waals surface area contributed by atoms with Gasteiger partial charge in [-0.15, -0.1) is 11.3 Å². The van der Waals surface area contributed by atoms with Crippen molar-refractivity contribution in [3.05, 3.63) is 92.9 Å². The Bertz CT molecular complexity index is 1190. The van der Waals surface area contributed by atoms with E-state index in [2.05, 4.69) is 5.32 Å². The van der Waals surface area contributed by atoms with Crippen molar-refractivity contribution in [2.24, 2.45) is 0 Å². The van der Waals surface area contributed by atoms with E-state index in [0.29, 0.717) is 23.3 Å². The number of aromatic nitrogens is 1. The number of carbonyl (C=O) groups excluding carboxylic acids is 1. The second kappa shape index (κ2) is 7.44. The van der Waals surface area contributed by atoms with Gasteiger partial charge >= 0.3 is 0 Å². The van der Waals surface area contributed by atoms with Gasteiger partial charge in [-0.3, -0.25) is 9.59 Å². The van der Waals surface area contributed by atoms with Gasteiger partial charge in [0.2, 0.25) is 0 Å². The molecular formula is C21H17FN2O3S. The van der Waals surface area contributed by atoms with E-state index < -0.39 is 0 Å². The lowest BCUT2D eigenvalue weighted by Crippen LogP contribution is -2.26. The molecule has 5 nitrogen and oxygen atoms in total. The first-order valence-corrected chi connectivity index (χ1v) is 9.52. The third-order valence-electron chi connectivity index (χ3n) is 4.49. The first-order valence-electron chi connectivity index (χ1n) is 8.70. The van der Waals surface area contributed by atoms with E-state index in [1.165, 1.54) is 28.0 Å². The fourth-order valence-corrected chi connectivity index (χ4v) is 4.17. The molecule has 1 N–H and O–H groups in total. The molecule has 3 heterocycles. The van der Waals surface area contributed by atoms with Crippen molar-refractivity contribution in [2.75, 3.05) is 0 Å². The highest BCUT2D eigenvalue weighted by Gasteiger charge is 2.20. The summed E-state index contributed by atoms with van der Waals surface area (Å²) in [6.07, 6.45) is 3.25. The number of aryl methyl sites for hydroxylation is 1. The predicted octanol–water partition coefficient (Wildman–Crippen LogP) is 4.08. The van der Waals surface area contributed by atoms with Crippen molar-refractivity contribution in [3.8, 4) is 0 Å². The standard InChI is InChI=1S/C21H17FN2O3S/c1-13-18(20(25)23-11-16-3-2-10-27-16)19-17(28-13)8-9-24(21(19)26)12-14-4-6-15(22)7-5-14/h2-10H,11-12H2,1H3,(H,23,25). The smallest absolute Gasteiger partial charge is 0.260 e. The van der Waals surface area contributed by atoms with Crippen LogP contribution in [0, 0.1) is 12.7 Å². The Labute approximate surface area is 164 Å². The Kier molecular flexibility index (Phi) is 4.83. The van der Waals surface area contributed by atoms with Gasteiger partial charge in [0.05, 0.1) is 30.3 Å². The highest BCUT2D eigenvalue weighted by Crippen LogP contribution is 2.28. The molecule has 0 bridgehead atoms. The van der Waals surface area contributed by atoms with Gasteiger partial charge in [0.25, 0.3) is 11.5 Å². The van der Waals surface area contributed by atoms with Gasteiger partial charge in [-0.2, -0.15) is 0 Å². The summed E-state index contributed by atoms with van der Waals surface area (Å²) in [5, 5.41) is 3.21. The minimum Gasteiger partial charge on any atom is -0.467 e. The van der Waals surface area contributed by atoms with Crippen molar-refractivity contribution in [3.63, 3.8) is 0 Å². The van der Waals surface area contributed by atoms with E-state index >= 15 is 0 Å². The molecule has 4 rings (SSSR count). The van der Waals surface area contributed by atoms with Crippen LogP contribution in [-0.4, -0.2) is 10.5 Å². The number of benzene rings is 1. The van der Waals surface area contributed by atoms with E-state index in [0.717, 1.165) is 15.1 Å². The Morgan fingerprint density at radius 1 is 1.21 bits per heavy atom. The zero-order valence-corrected chi connectivity index (χ0v) is 15.9. The van der Waals surface area contributed by atoms with Crippen LogP contribution in [0.15, 0.2) is 64.1 Å². The van der Waals surface area contributed by atoms with Gasteiger partial charge in [-0.1, -0.05) is 12.1 Å². The third kappa shape index (κ3) is 3.48. The minimum atomic E-state index is -0.324. The largest absolute Gasteiger partial charge is 0.467 e. The van der Waals surface area contributed by atoms with Gasteiger partial charge in [-0.05, 0) is 42.8 Å². The zero-order chi connectivity index (χ0) is 19.7. The number of nitrogens with one attached hydrogen (secondary N) is 1. The molecule has 0 saturated heterocycles. The minimum absolute atomic E-state index is 0.241. The summed E-state index contributed by atoms with van der Waals surface area (Å²) in [6, 6.07) is 11.4. The fourth-order valence-electron chi connectivity index (χ4n) is 3.12. The summed E-state index contributed by atoms with van der Waals surface area (Å²) < 4.78 is 20.6. The molecule has 0 fully saturated rings. The maximum absolute atomic E-state index is 13.1. The van der Waals surface area contributed by atoms with Crippen LogP contribution in [0.2, 0.25) is 0 Å². The molecule has 4 aromatic rings. The maximum Gasteiger partial charge on any atom is 0.260 e. The number of carbonyl (C=O) groups is 1. The van der Waals surface area contributed by atoms with Gasteiger partial charge in [-0.25, -0.2) is 4.39 Å². The SMILES string of the molecule is Cc1sc2ccn(Cc3ccc(F)cc3)c(=O)c2c1C(=O)NCc1ccco1. The number of hydrogen-bond acceptors (Lipinski definition) is 4. The van der Waals surface area contributed by atoms with Crippen LogP contribution in [0.5, 0.6) is 0 Å². The molecule has 0 radical (unpaired) electrons. The van der Waals surface area contributed by atoms with E-state index in [1.54, 1.807) is 36.7 Å². The van der Waals surface area contributed by atoms with Crippen LogP contribution in [0.1, 0.15) is 26.6 Å². The molecule has 1 amide bonds.